The highest BCUT2D eigenvalue weighted by molar-refractivity contribution is 5.93. The summed E-state index contributed by atoms with van der Waals surface area (Å²) in [6.45, 7) is 4.22. The van der Waals surface area contributed by atoms with Crippen LogP contribution in [0.3, 0.4) is 0 Å². The summed E-state index contributed by atoms with van der Waals surface area (Å²) in [6.07, 6.45) is 0.517. The molecule has 1 saturated heterocycles. The molecule has 2 amide bonds. The van der Waals surface area contributed by atoms with Gasteiger partial charge in [-0.2, -0.15) is 0 Å². The third-order valence-corrected chi connectivity index (χ3v) is 3.13. The largest absolute Gasteiger partial charge is 0.447 e. The van der Waals surface area contributed by atoms with E-state index in [2.05, 4.69) is 0 Å². The van der Waals surface area contributed by atoms with Gasteiger partial charge in [0.15, 0.2) is 0 Å². The third-order valence-electron chi connectivity index (χ3n) is 3.13. The predicted octanol–water partition coefficient (Wildman–Crippen LogP) is 2.62. The highest BCUT2D eigenvalue weighted by atomic mass is 16.6. The molecule has 0 N–H and O–H groups in total. The van der Waals surface area contributed by atoms with Crippen molar-refractivity contribution in [1.29, 1.82) is 0 Å². The van der Waals surface area contributed by atoms with Crippen molar-refractivity contribution in [2.24, 2.45) is 5.92 Å². The monoisotopic (exact) mass is 261 g/mol. The predicted molar refractivity (Wildman–Crippen MR) is 71.6 cm³/mol. The van der Waals surface area contributed by atoms with Gasteiger partial charge in [-0.1, -0.05) is 44.2 Å². The van der Waals surface area contributed by atoms with Crippen LogP contribution in [0, 0.1) is 5.92 Å². The van der Waals surface area contributed by atoms with Crippen LogP contribution in [0.25, 0.3) is 0 Å². The van der Waals surface area contributed by atoms with Crippen LogP contribution in [0.4, 0.5) is 4.79 Å². The molecular formula is C15H19NO3. The molecule has 19 heavy (non-hydrogen) atoms. The zero-order chi connectivity index (χ0) is 13.8. The number of carbonyl (C=O) groups excluding carboxylic acids is 2. The Kier molecular flexibility index (Phi) is 4.20. The van der Waals surface area contributed by atoms with Gasteiger partial charge >= 0.3 is 6.09 Å². The Morgan fingerprint density at radius 2 is 2.05 bits per heavy atom. The number of rotatable bonds is 4. The first-order chi connectivity index (χ1) is 9.08. The maximum absolute atomic E-state index is 12.1. The fourth-order valence-corrected chi connectivity index (χ4v) is 2.25. The van der Waals surface area contributed by atoms with Crippen LogP contribution in [-0.4, -0.2) is 29.5 Å². The molecule has 0 radical (unpaired) electrons. The van der Waals surface area contributed by atoms with E-state index in [-0.39, 0.29) is 24.5 Å². The summed E-state index contributed by atoms with van der Waals surface area (Å²) >= 11 is 0. The fraction of sp³-hybridized carbons (Fsp3) is 0.467. The lowest BCUT2D eigenvalue weighted by Crippen LogP contribution is -2.40. The first kappa shape index (κ1) is 13.6. The molecule has 0 aliphatic carbocycles. The molecule has 0 spiro atoms. The third kappa shape index (κ3) is 3.34. The lowest BCUT2D eigenvalue weighted by atomic mass is 10.0. The van der Waals surface area contributed by atoms with Crippen LogP contribution < -0.4 is 0 Å². The lowest BCUT2D eigenvalue weighted by Gasteiger charge is -2.20. The van der Waals surface area contributed by atoms with E-state index in [1.54, 1.807) is 0 Å². The van der Waals surface area contributed by atoms with Crippen LogP contribution >= 0.6 is 0 Å². The molecular weight excluding hydrogens is 242 g/mol. The van der Waals surface area contributed by atoms with Crippen molar-refractivity contribution in [2.75, 3.05) is 6.61 Å². The van der Waals surface area contributed by atoms with Crippen LogP contribution in [0.15, 0.2) is 30.3 Å². The molecule has 1 aliphatic heterocycles. The zero-order valence-electron chi connectivity index (χ0n) is 11.3. The number of amides is 2. The number of hydrogen-bond acceptors (Lipinski definition) is 3. The molecule has 1 aromatic rings. The Bertz CT molecular complexity index is 456. The average molecular weight is 261 g/mol. The second kappa shape index (κ2) is 5.87. The summed E-state index contributed by atoms with van der Waals surface area (Å²) in [4.78, 5) is 25.1. The minimum absolute atomic E-state index is 0.140. The van der Waals surface area contributed by atoms with E-state index in [4.69, 9.17) is 4.74 Å². The molecule has 2 rings (SSSR count). The van der Waals surface area contributed by atoms with Crippen molar-refractivity contribution in [2.45, 2.75) is 32.7 Å². The summed E-state index contributed by atoms with van der Waals surface area (Å²) in [6, 6.07) is 9.66. The summed E-state index contributed by atoms with van der Waals surface area (Å²) in [7, 11) is 0. The maximum Gasteiger partial charge on any atom is 0.416 e. The van der Waals surface area contributed by atoms with Gasteiger partial charge in [0.2, 0.25) is 5.91 Å². The van der Waals surface area contributed by atoms with E-state index >= 15 is 0 Å². The summed E-state index contributed by atoms with van der Waals surface area (Å²) in [5.41, 5.74) is 1.10. The highest BCUT2D eigenvalue weighted by Gasteiger charge is 2.37. The Labute approximate surface area is 113 Å². The molecule has 1 fully saturated rings. The van der Waals surface area contributed by atoms with Crippen LogP contribution in [0.1, 0.15) is 25.8 Å². The topological polar surface area (TPSA) is 46.6 Å². The second-order valence-corrected chi connectivity index (χ2v) is 5.28. The Hall–Kier alpha value is -1.84. The van der Waals surface area contributed by atoms with E-state index in [1.165, 1.54) is 4.90 Å². The molecule has 0 aromatic heterocycles. The Morgan fingerprint density at radius 3 is 2.68 bits per heavy atom. The summed E-state index contributed by atoms with van der Waals surface area (Å²) in [5.74, 6) is 0.0942. The SMILES string of the molecule is CC(C)CC(=O)N1C(=O)OC[C@@H]1Cc1ccccc1. The van der Waals surface area contributed by atoms with E-state index in [9.17, 15) is 9.59 Å². The number of hydrogen-bond donors (Lipinski definition) is 0. The van der Waals surface area contributed by atoms with Crippen molar-refractivity contribution in [3.05, 3.63) is 35.9 Å². The first-order valence-corrected chi connectivity index (χ1v) is 6.60. The number of cyclic esters (lactones) is 1. The van der Waals surface area contributed by atoms with Gasteiger partial charge in [0, 0.05) is 6.42 Å². The van der Waals surface area contributed by atoms with E-state index in [1.807, 2.05) is 44.2 Å². The molecule has 0 bridgehead atoms. The van der Waals surface area contributed by atoms with E-state index in [0.717, 1.165) is 5.56 Å². The van der Waals surface area contributed by atoms with Gasteiger partial charge in [0.05, 0.1) is 6.04 Å². The Morgan fingerprint density at radius 1 is 1.37 bits per heavy atom. The summed E-state index contributed by atoms with van der Waals surface area (Å²) in [5, 5.41) is 0. The van der Waals surface area contributed by atoms with Gasteiger partial charge in [0.1, 0.15) is 6.61 Å². The zero-order valence-corrected chi connectivity index (χ0v) is 11.3. The molecule has 4 heteroatoms. The van der Waals surface area contributed by atoms with Gasteiger partial charge in [-0.25, -0.2) is 9.69 Å². The van der Waals surface area contributed by atoms with Crippen LogP contribution in [-0.2, 0) is 16.0 Å². The van der Waals surface area contributed by atoms with E-state index < -0.39 is 6.09 Å². The van der Waals surface area contributed by atoms with Crippen molar-refractivity contribution < 1.29 is 14.3 Å². The van der Waals surface area contributed by atoms with Gasteiger partial charge in [-0.15, -0.1) is 0 Å². The van der Waals surface area contributed by atoms with Gasteiger partial charge in [0.25, 0.3) is 0 Å². The quantitative estimate of drug-likeness (QED) is 0.837. The minimum atomic E-state index is -0.508. The normalized spacial score (nSPS) is 18.8. The number of carbonyl (C=O) groups is 2. The molecule has 102 valence electrons. The van der Waals surface area contributed by atoms with Crippen LogP contribution in [0.2, 0.25) is 0 Å². The Balaban J connectivity index is 2.07. The molecule has 4 nitrogen and oxygen atoms in total. The molecule has 0 unspecified atom stereocenters. The van der Waals surface area contributed by atoms with Crippen molar-refractivity contribution in [1.82, 2.24) is 4.90 Å². The molecule has 1 atom stereocenters. The minimum Gasteiger partial charge on any atom is -0.447 e. The summed E-state index contributed by atoms with van der Waals surface area (Å²) < 4.78 is 5.02. The number of nitrogens with zero attached hydrogens (tertiary/aromatic N) is 1. The van der Waals surface area contributed by atoms with Gasteiger partial charge in [-0.05, 0) is 17.9 Å². The van der Waals surface area contributed by atoms with E-state index in [0.29, 0.717) is 12.8 Å². The molecule has 1 heterocycles. The lowest BCUT2D eigenvalue weighted by molar-refractivity contribution is -0.129. The fourth-order valence-electron chi connectivity index (χ4n) is 2.25. The molecule has 0 saturated carbocycles. The van der Waals surface area contributed by atoms with Crippen molar-refractivity contribution in [3.8, 4) is 0 Å². The number of benzene rings is 1. The maximum atomic E-state index is 12.1. The molecule has 1 aliphatic rings. The standard InChI is InChI=1S/C15H19NO3/c1-11(2)8-14(17)16-13(10-19-15(16)18)9-12-6-4-3-5-7-12/h3-7,11,13H,8-10H2,1-2H3/t13-/m0/s1. The smallest absolute Gasteiger partial charge is 0.416 e. The average Bonchev–Trinajstić information content (AvgIpc) is 2.71. The second-order valence-electron chi connectivity index (χ2n) is 5.28. The van der Waals surface area contributed by atoms with Gasteiger partial charge in [-0.3, -0.25) is 4.79 Å². The molecule has 1 aromatic carbocycles. The number of ether oxygens (including phenoxy) is 1. The first-order valence-electron chi connectivity index (χ1n) is 6.60. The number of imide groups is 1. The van der Waals surface area contributed by atoms with Gasteiger partial charge < -0.3 is 4.74 Å². The van der Waals surface area contributed by atoms with Crippen molar-refractivity contribution >= 4 is 12.0 Å². The highest BCUT2D eigenvalue weighted by Crippen LogP contribution is 2.19. The van der Waals surface area contributed by atoms with Crippen LogP contribution in [0.5, 0.6) is 0 Å². The van der Waals surface area contributed by atoms with Crippen molar-refractivity contribution in [3.63, 3.8) is 0 Å².